The molecule has 168 valence electrons. The first kappa shape index (κ1) is 21.1. The number of amides is 1. The van der Waals surface area contributed by atoms with Crippen molar-refractivity contribution in [3.8, 4) is 0 Å². The number of H-pyrrole nitrogens is 1. The third kappa shape index (κ3) is 4.40. The van der Waals surface area contributed by atoms with Gasteiger partial charge in [0.05, 0.1) is 0 Å². The quantitative estimate of drug-likeness (QED) is 0.659. The molecule has 0 aliphatic carbocycles. The van der Waals surface area contributed by atoms with Gasteiger partial charge in [-0.1, -0.05) is 36.4 Å². The van der Waals surface area contributed by atoms with Gasteiger partial charge in [0.2, 0.25) is 5.91 Å². The highest BCUT2D eigenvalue weighted by atomic mass is 16.2. The molecule has 1 amide bonds. The van der Waals surface area contributed by atoms with Gasteiger partial charge in [-0.25, -0.2) is 0 Å². The van der Waals surface area contributed by atoms with Gasteiger partial charge in [0.25, 0.3) is 0 Å². The topological polar surface area (TPSA) is 42.6 Å². The number of carbonyl (C=O) groups excluding carboxylic acids is 1. The van der Waals surface area contributed by atoms with E-state index < -0.39 is 0 Å². The van der Waals surface area contributed by atoms with Crippen LogP contribution in [0.5, 0.6) is 0 Å². The Kier molecular flexibility index (Phi) is 6.17. The van der Waals surface area contributed by atoms with E-state index in [0.717, 1.165) is 57.6 Å². The first-order valence-corrected chi connectivity index (χ1v) is 12.1. The zero-order valence-electron chi connectivity index (χ0n) is 19.1. The molecule has 1 N–H and O–H groups in total. The van der Waals surface area contributed by atoms with E-state index in [1.165, 1.54) is 28.6 Å². The molecule has 5 rings (SSSR count). The van der Waals surface area contributed by atoms with Gasteiger partial charge >= 0.3 is 0 Å². The van der Waals surface area contributed by atoms with E-state index in [0.29, 0.717) is 18.4 Å². The predicted molar refractivity (Wildman–Crippen MR) is 131 cm³/mol. The summed E-state index contributed by atoms with van der Waals surface area (Å²) in [5.74, 6) is 0.304. The number of likely N-dealkylation sites (tertiary alicyclic amines) is 1. The van der Waals surface area contributed by atoms with E-state index in [9.17, 15) is 4.79 Å². The average Bonchev–Trinajstić information content (AvgIpc) is 3.26. The molecule has 0 bridgehead atoms. The molecule has 32 heavy (non-hydrogen) atoms. The monoisotopic (exact) mass is 430 g/mol. The molecular formula is C27H34N4O. The van der Waals surface area contributed by atoms with Crippen molar-refractivity contribution in [3.63, 3.8) is 0 Å². The van der Waals surface area contributed by atoms with E-state index in [2.05, 4.69) is 75.3 Å². The summed E-state index contributed by atoms with van der Waals surface area (Å²) in [6.07, 6.45) is 5.78. The van der Waals surface area contributed by atoms with Crippen molar-refractivity contribution in [1.82, 2.24) is 14.8 Å². The van der Waals surface area contributed by atoms with Gasteiger partial charge in [-0.05, 0) is 49.4 Å². The van der Waals surface area contributed by atoms with Crippen LogP contribution in [0.2, 0.25) is 0 Å². The first-order valence-electron chi connectivity index (χ1n) is 12.1. The van der Waals surface area contributed by atoms with Gasteiger partial charge in [0.15, 0.2) is 0 Å². The number of fused-ring (bicyclic) bond motifs is 1. The van der Waals surface area contributed by atoms with Gasteiger partial charge in [-0.2, -0.15) is 0 Å². The number of nitrogens with one attached hydrogen (secondary N) is 1. The Morgan fingerprint density at radius 3 is 2.62 bits per heavy atom. The van der Waals surface area contributed by atoms with Crippen LogP contribution in [-0.2, 0) is 11.2 Å². The summed E-state index contributed by atoms with van der Waals surface area (Å²) in [5, 5.41) is 1.24. The number of piperidine rings is 1. The number of nitrogens with zero attached hydrogens (tertiary/aromatic N) is 3. The highest BCUT2D eigenvalue weighted by molar-refractivity contribution is 5.84. The molecule has 3 aromatic rings. The number of anilines is 1. The number of aromatic amines is 1. The summed E-state index contributed by atoms with van der Waals surface area (Å²) in [6, 6.07) is 17.5. The van der Waals surface area contributed by atoms with Crippen LogP contribution >= 0.6 is 0 Å². The number of rotatable bonds is 5. The predicted octanol–water partition coefficient (Wildman–Crippen LogP) is 4.22. The van der Waals surface area contributed by atoms with Gasteiger partial charge in [0.1, 0.15) is 0 Å². The van der Waals surface area contributed by atoms with Gasteiger partial charge in [-0.3, -0.25) is 9.69 Å². The van der Waals surface area contributed by atoms with Crippen LogP contribution in [0.4, 0.5) is 5.69 Å². The van der Waals surface area contributed by atoms with Gasteiger partial charge in [-0.15, -0.1) is 0 Å². The molecular weight excluding hydrogens is 396 g/mol. The average molecular weight is 431 g/mol. The number of para-hydroxylation sites is 2. The Balaban J connectivity index is 1.14. The number of hydrogen-bond donors (Lipinski definition) is 1. The Labute approximate surface area is 191 Å². The number of piperazine rings is 1. The number of aryl methyl sites for hydroxylation is 2. The maximum absolute atomic E-state index is 13.0. The molecule has 2 aromatic carbocycles. The minimum atomic E-state index is 0.304. The Hall–Kier alpha value is -2.79. The van der Waals surface area contributed by atoms with E-state index in [1.54, 1.807) is 0 Å². The molecule has 2 fully saturated rings. The molecule has 2 aliphatic heterocycles. The lowest BCUT2D eigenvalue weighted by Crippen LogP contribution is -2.56. The summed E-state index contributed by atoms with van der Waals surface area (Å²) in [4.78, 5) is 23.6. The maximum Gasteiger partial charge on any atom is 0.222 e. The molecule has 1 unspecified atom stereocenters. The number of aromatic nitrogens is 1. The van der Waals surface area contributed by atoms with E-state index >= 15 is 0 Å². The van der Waals surface area contributed by atoms with Crippen LogP contribution < -0.4 is 4.90 Å². The maximum atomic E-state index is 13.0. The molecule has 0 radical (unpaired) electrons. The van der Waals surface area contributed by atoms with Crippen molar-refractivity contribution in [3.05, 3.63) is 65.9 Å². The number of benzene rings is 2. The summed E-state index contributed by atoms with van der Waals surface area (Å²) < 4.78 is 0. The minimum Gasteiger partial charge on any atom is -0.369 e. The zero-order chi connectivity index (χ0) is 21.9. The normalized spacial score (nSPS) is 20.1. The third-order valence-corrected chi connectivity index (χ3v) is 7.32. The second-order valence-electron chi connectivity index (χ2n) is 9.30. The Morgan fingerprint density at radius 2 is 1.78 bits per heavy atom. The van der Waals surface area contributed by atoms with Crippen LogP contribution in [-0.4, -0.2) is 66.0 Å². The number of carbonyl (C=O) groups is 1. The highest BCUT2D eigenvalue weighted by Crippen LogP contribution is 2.24. The first-order chi connectivity index (χ1) is 15.7. The lowest BCUT2D eigenvalue weighted by atomic mass is 10.0. The minimum absolute atomic E-state index is 0.304. The summed E-state index contributed by atoms with van der Waals surface area (Å²) in [6.45, 7) is 8.28. The molecule has 0 spiro atoms. The van der Waals surface area contributed by atoms with Gasteiger partial charge in [0, 0.05) is 74.5 Å². The second-order valence-corrected chi connectivity index (χ2v) is 9.30. The fourth-order valence-electron chi connectivity index (χ4n) is 5.46. The smallest absolute Gasteiger partial charge is 0.222 e. The standard InChI is InChI=1S/C27H34N4O/c1-21-7-2-5-11-26(21)30-17-15-29(16-18-30)23-8-6-14-31(20-23)27(32)13-12-22-19-28-25-10-4-3-9-24(22)25/h2-5,7,9-11,19,23,28H,6,8,12-18,20H2,1H3. The lowest BCUT2D eigenvalue weighted by molar-refractivity contribution is -0.133. The zero-order valence-corrected chi connectivity index (χ0v) is 19.1. The van der Waals surface area contributed by atoms with E-state index in [4.69, 9.17) is 0 Å². The second kappa shape index (κ2) is 9.37. The molecule has 1 aromatic heterocycles. The van der Waals surface area contributed by atoms with Crippen LogP contribution in [0.3, 0.4) is 0 Å². The summed E-state index contributed by atoms with van der Waals surface area (Å²) in [5.41, 5.74) is 5.11. The molecule has 5 heteroatoms. The Bertz CT molecular complexity index is 1070. The lowest BCUT2D eigenvalue weighted by Gasteiger charge is -2.44. The fourth-order valence-corrected chi connectivity index (χ4v) is 5.46. The van der Waals surface area contributed by atoms with Crippen LogP contribution in [0.1, 0.15) is 30.4 Å². The summed E-state index contributed by atoms with van der Waals surface area (Å²) >= 11 is 0. The van der Waals surface area contributed by atoms with Crippen LogP contribution in [0.15, 0.2) is 54.7 Å². The van der Waals surface area contributed by atoms with Crippen molar-refractivity contribution < 1.29 is 4.79 Å². The number of hydrogen-bond acceptors (Lipinski definition) is 3. The van der Waals surface area contributed by atoms with Crippen LogP contribution in [0.25, 0.3) is 10.9 Å². The van der Waals surface area contributed by atoms with Crippen molar-refractivity contribution in [1.29, 1.82) is 0 Å². The van der Waals surface area contributed by atoms with E-state index in [-0.39, 0.29) is 0 Å². The highest BCUT2D eigenvalue weighted by Gasteiger charge is 2.30. The largest absolute Gasteiger partial charge is 0.369 e. The van der Waals surface area contributed by atoms with Crippen molar-refractivity contribution in [2.75, 3.05) is 44.2 Å². The molecule has 0 saturated carbocycles. The summed E-state index contributed by atoms with van der Waals surface area (Å²) in [7, 11) is 0. The van der Waals surface area contributed by atoms with Crippen molar-refractivity contribution in [2.24, 2.45) is 0 Å². The SMILES string of the molecule is Cc1ccccc1N1CCN(C2CCCN(C(=O)CCc3c[nH]c4ccccc34)C2)CC1. The molecule has 2 saturated heterocycles. The van der Waals surface area contributed by atoms with Gasteiger partial charge < -0.3 is 14.8 Å². The van der Waals surface area contributed by atoms with Crippen molar-refractivity contribution in [2.45, 2.75) is 38.6 Å². The Morgan fingerprint density at radius 1 is 1.00 bits per heavy atom. The molecule has 5 nitrogen and oxygen atoms in total. The molecule has 1 atom stereocenters. The van der Waals surface area contributed by atoms with Crippen molar-refractivity contribution >= 4 is 22.5 Å². The fraction of sp³-hybridized carbons (Fsp3) is 0.444. The third-order valence-electron chi connectivity index (χ3n) is 7.32. The molecule has 2 aliphatic rings. The van der Waals surface area contributed by atoms with Crippen LogP contribution in [0, 0.1) is 6.92 Å². The van der Waals surface area contributed by atoms with E-state index in [1.807, 2.05) is 6.07 Å². The molecule has 3 heterocycles.